The number of aromatic nitrogens is 1. The number of hydrogen-bond donors (Lipinski definition) is 3. The van der Waals surface area contributed by atoms with Gasteiger partial charge in [0.05, 0.1) is 10.6 Å². The third kappa shape index (κ3) is 3.90. The largest absolute Gasteiger partial charge is 0.360 e. The molecule has 0 atom stereocenters. The molecule has 0 aliphatic rings. The fourth-order valence-corrected chi connectivity index (χ4v) is 2.80. The second-order valence-corrected chi connectivity index (χ2v) is 5.99. The van der Waals surface area contributed by atoms with Crippen LogP contribution in [-0.2, 0) is 0 Å². The van der Waals surface area contributed by atoms with Gasteiger partial charge in [0.25, 0.3) is 5.91 Å². The number of carbonyl (C=O) groups excluding carboxylic acids is 2. The Labute approximate surface area is 158 Å². The zero-order valence-electron chi connectivity index (χ0n) is 14.0. The van der Waals surface area contributed by atoms with Crippen LogP contribution in [0.15, 0.2) is 47.0 Å². The first-order valence-electron chi connectivity index (χ1n) is 7.75. The Bertz CT molecular complexity index is 1010. The number of rotatable bonds is 4. The van der Waals surface area contributed by atoms with Gasteiger partial charge in [0.2, 0.25) is 0 Å². The predicted molar refractivity (Wildman–Crippen MR) is 99.2 cm³/mol. The third-order valence-electron chi connectivity index (χ3n) is 3.68. The van der Waals surface area contributed by atoms with Crippen LogP contribution < -0.4 is 16.4 Å². The highest BCUT2D eigenvalue weighted by atomic mass is 35.5. The number of benzene rings is 2. The highest BCUT2D eigenvalue weighted by Crippen LogP contribution is 2.33. The van der Waals surface area contributed by atoms with Gasteiger partial charge in [0, 0.05) is 11.4 Å². The fraction of sp³-hybridized carbons (Fsp3) is 0.0556. The minimum atomic E-state index is -0.732. The molecule has 9 heteroatoms. The Kier molecular flexibility index (Phi) is 5.09. The topological polar surface area (TPSA) is 110 Å². The molecule has 0 radical (unpaired) electrons. The number of halogens is 2. The van der Waals surface area contributed by atoms with Crippen molar-refractivity contribution >= 4 is 34.9 Å². The molecule has 0 bridgehead atoms. The summed E-state index contributed by atoms with van der Waals surface area (Å²) in [4.78, 5) is 23.7. The number of nitrogens with zero attached hydrogens (tertiary/aromatic N) is 1. The van der Waals surface area contributed by atoms with Gasteiger partial charge in [0.15, 0.2) is 0 Å². The molecule has 1 heterocycles. The molecule has 27 heavy (non-hydrogen) atoms. The van der Waals surface area contributed by atoms with E-state index in [2.05, 4.69) is 15.8 Å². The molecule has 0 saturated carbocycles. The fourth-order valence-electron chi connectivity index (χ4n) is 2.54. The molecule has 0 saturated heterocycles. The molecule has 0 aliphatic heterocycles. The van der Waals surface area contributed by atoms with Gasteiger partial charge < -0.3 is 20.9 Å². The lowest BCUT2D eigenvalue weighted by molar-refractivity contribution is 0.102. The SMILES string of the molecule is Cc1onc(-c2c(F)cccc2Cl)c1C(=O)Nc1cccc(NC(N)=O)c1. The smallest absolute Gasteiger partial charge is 0.316 e. The summed E-state index contributed by atoms with van der Waals surface area (Å²) in [7, 11) is 0. The van der Waals surface area contributed by atoms with Gasteiger partial charge in [-0.3, -0.25) is 4.79 Å². The van der Waals surface area contributed by atoms with Crippen molar-refractivity contribution in [2.45, 2.75) is 6.92 Å². The average molecular weight is 389 g/mol. The number of urea groups is 1. The molecule has 2 aromatic carbocycles. The standard InChI is InChI=1S/C18H14ClFN4O3/c1-9-14(16(24-27-9)15-12(19)6-3-7-13(15)20)17(25)22-10-4-2-5-11(8-10)23-18(21)26/h2-8H,1H3,(H,22,25)(H3,21,23,26). The van der Waals surface area contributed by atoms with Crippen molar-refractivity contribution in [1.29, 1.82) is 0 Å². The summed E-state index contributed by atoms with van der Waals surface area (Å²) in [5.74, 6) is -0.995. The van der Waals surface area contributed by atoms with Crippen molar-refractivity contribution < 1.29 is 18.5 Å². The van der Waals surface area contributed by atoms with Crippen LogP contribution in [0.2, 0.25) is 5.02 Å². The number of hydrogen-bond acceptors (Lipinski definition) is 4. The maximum atomic E-state index is 14.2. The number of aryl methyl sites for hydroxylation is 1. The van der Waals surface area contributed by atoms with Gasteiger partial charge in [-0.05, 0) is 37.3 Å². The van der Waals surface area contributed by atoms with E-state index in [0.29, 0.717) is 11.4 Å². The molecule has 0 aliphatic carbocycles. The van der Waals surface area contributed by atoms with Crippen molar-refractivity contribution in [3.63, 3.8) is 0 Å². The summed E-state index contributed by atoms with van der Waals surface area (Å²) in [5.41, 5.74) is 5.90. The monoisotopic (exact) mass is 388 g/mol. The summed E-state index contributed by atoms with van der Waals surface area (Å²) >= 11 is 6.07. The normalized spacial score (nSPS) is 10.5. The first-order chi connectivity index (χ1) is 12.9. The van der Waals surface area contributed by atoms with Crippen LogP contribution in [0.5, 0.6) is 0 Å². The van der Waals surface area contributed by atoms with Crippen LogP contribution in [-0.4, -0.2) is 17.1 Å². The van der Waals surface area contributed by atoms with Crippen molar-refractivity contribution in [2.24, 2.45) is 5.73 Å². The van der Waals surface area contributed by atoms with Crippen molar-refractivity contribution in [1.82, 2.24) is 5.16 Å². The Hall–Kier alpha value is -3.39. The second kappa shape index (κ2) is 7.46. The minimum Gasteiger partial charge on any atom is -0.360 e. The Morgan fingerprint density at radius 3 is 2.48 bits per heavy atom. The number of amides is 3. The summed E-state index contributed by atoms with van der Waals surface area (Å²) in [6.45, 7) is 1.53. The Morgan fingerprint density at radius 1 is 1.15 bits per heavy atom. The van der Waals surface area contributed by atoms with Crippen molar-refractivity contribution in [2.75, 3.05) is 10.6 Å². The molecule has 7 nitrogen and oxygen atoms in total. The predicted octanol–water partition coefficient (Wildman–Crippen LogP) is 4.19. The number of primary amides is 1. The van der Waals surface area contributed by atoms with Gasteiger partial charge in [-0.2, -0.15) is 0 Å². The van der Waals surface area contributed by atoms with Gasteiger partial charge in [0.1, 0.15) is 22.8 Å². The van der Waals surface area contributed by atoms with Crippen molar-refractivity contribution in [3.8, 4) is 11.3 Å². The highest BCUT2D eigenvalue weighted by molar-refractivity contribution is 6.33. The molecular formula is C18H14ClFN4O3. The first-order valence-corrected chi connectivity index (χ1v) is 8.13. The van der Waals surface area contributed by atoms with Crippen LogP contribution in [0.1, 0.15) is 16.1 Å². The Morgan fingerprint density at radius 2 is 1.81 bits per heavy atom. The summed E-state index contributed by atoms with van der Waals surface area (Å²) in [6, 6.07) is 9.78. The molecule has 0 unspecified atom stereocenters. The number of carbonyl (C=O) groups is 2. The first kappa shape index (κ1) is 18.4. The molecule has 3 amide bonds. The van der Waals surface area contributed by atoms with Crippen molar-refractivity contribution in [3.05, 3.63) is 64.6 Å². The van der Waals surface area contributed by atoms with E-state index in [4.69, 9.17) is 21.9 Å². The van der Waals surface area contributed by atoms with Gasteiger partial charge in [-0.25, -0.2) is 9.18 Å². The molecular weight excluding hydrogens is 375 g/mol. The van der Waals surface area contributed by atoms with E-state index in [1.807, 2.05) is 0 Å². The highest BCUT2D eigenvalue weighted by Gasteiger charge is 2.25. The molecule has 0 spiro atoms. The van der Waals surface area contributed by atoms with E-state index in [-0.39, 0.29) is 27.6 Å². The molecule has 138 valence electrons. The zero-order chi connectivity index (χ0) is 19.6. The number of anilines is 2. The van der Waals surface area contributed by atoms with E-state index in [1.54, 1.807) is 18.2 Å². The van der Waals surface area contributed by atoms with Gasteiger partial charge >= 0.3 is 6.03 Å². The van der Waals surface area contributed by atoms with Crippen LogP contribution in [0.25, 0.3) is 11.3 Å². The lowest BCUT2D eigenvalue weighted by Crippen LogP contribution is -2.19. The third-order valence-corrected chi connectivity index (χ3v) is 3.99. The molecule has 3 aromatic rings. The second-order valence-electron chi connectivity index (χ2n) is 5.58. The van der Waals surface area contributed by atoms with Crippen LogP contribution >= 0.6 is 11.6 Å². The van der Waals surface area contributed by atoms with Crippen LogP contribution in [0.4, 0.5) is 20.6 Å². The summed E-state index contributed by atoms with van der Waals surface area (Å²) < 4.78 is 19.3. The lowest BCUT2D eigenvalue weighted by Gasteiger charge is -2.09. The molecule has 4 N–H and O–H groups in total. The van der Waals surface area contributed by atoms with Crippen LogP contribution in [0, 0.1) is 12.7 Å². The zero-order valence-corrected chi connectivity index (χ0v) is 14.8. The minimum absolute atomic E-state index is 0.000449. The lowest BCUT2D eigenvalue weighted by atomic mass is 10.0. The van der Waals surface area contributed by atoms with E-state index in [0.717, 1.165) is 0 Å². The summed E-state index contributed by atoms with van der Waals surface area (Å²) in [6.07, 6.45) is 0. The van der Waals surface area contributed by atoms with E-state index in [9.17, 15) is 14.0 Å². The Balaban J connectivity index is 1.95. The average Bonchev–Trinajstić information content (AvgIpc) is 2.96. The van der Waals surface area contributed by atoms with Gasteiger partial charge in [-0.15, -0.1) is 0 Å². The van der Waals surface area contributed by atoms with E-state index in [1.165, 1.54) is 31.2 Å². The van der Waals surface area contributed by atoms with E-state index < -0.39 is 17.8 Å². The maximum Gasteiger partial charge on any atom is 0.316 e. The summed E-state index contributed by atoms with van der Waals surface area (Å²) in [5, 5.41) is 8.95. The van der Waals surface area contributed by atoms with Crippen LogP contribution in [0.3, 0.4) is 0 Å². The molecule has 1 aromatic heterocycles. The molecule has 3 rings (SSSR count). The quantitative estimate of drug-likeness (QED) is 0.622. The molecule has 0 fully saturated rings. The maximum absolute atomic E-state index is 14.2. The van der Waals surface area contributed by atoms with Gasteiger partial charge in [-0.1, -0.05) is 28.9 Å². The number of nitrogens with one attached hydrogen (secondary N) is 2. The number of nitrogens with two attached hydrogens (primary N) is 1. The van der Waals surface area contributed by atoms with E-state index >= 15 is 0 Å².